The fourth-order valence-electron chi connectivity index (χ4n) is 1.76. The fraction of sp³-hybridized carbons (Fsp3) is 0.0833. The van der Waals surface area contributed by atoms with Gasteiger partial charge in [0.05, 0.1) is 11.6 Å². The van der Waals surface area contributed by atoms with Gasteiger partial charge in [-0.25, -0.2) is 0 Å². The van der Waals surface area contributed by atoms with Gasteiger partial charge in [-0.15, -0.1) is 0 Å². The molecule has 0 saturated carbocycles. The highest BCUT2D eigenvalue weighted by atomic mass is 79.9. The van der Waals surface area contributed by atoms with E-state index in [0.717, 1.165) is 10.8 Å². The van der Waals surface area contributed by atoms with E-state index in [4.69, 9.17) is 5.26 Å². The van der Waals surface area contributed by atoms with Gasteiger partial charge in [-0.3, -0.25) is 0 Å². The van der Waals surface area contributed by atoms with Crippen LogP contribution in [-0.4, -0.2) is 0 Å². The summed E-state index contributed by atoms with van der Waals surface area (Å²) in [6.07, 6.45) is -0.512. The molecule has 4 nitrogen and oxygen atoms in total. The summed E-state index contributed by atoms with van der Waals surface area (Å²) in [5.41, 5.74) is 0.960. The van der Waals surface area contributed by atoms with E-state index in [1.165, 1.54) is 0 Å². The van der Waals surface area contributed by atoms with E-state index in [0.29, 0.717) is 15.6 Å². The van der Waals surface area contributed by atoms with Crippen molar-refractivity contribution >= 4 is 34.3 Å². The maximum Gasteiger partial charge on any atom is 0.0991 e. The van der Waals surface area contributed by atoms with Crippen LogP contribution in [0.5, 0.6) is 0 Å². The van der Waals surface area contributed by atoms with Gasteiger partial charge in [0.1, 0.15) is 0 Å². The predicted molar refractivity (Wildman–Crippen MR) is 67.7 cm³/mol. The van der Waals surface area contributed by atoms with Crippen molar-refractivity contribution in [1.82, 2.24) is 0 Å². The van der Waals surface area contributed by atoms with Gasteiger partial charge < -0.3 is 14.4 Å². The van der Waals surface area contributed by atoms with Crippen LogP contribution in [0.3, 0.4) is 0 Å². The van der Waals surface area contributed by atoms with Crippen molar-refractivity contribution < 1.29 is 14.4 Å². The van der Waals surface area contributed by atoms with E-state index < -0.39 is 13.8 Å². The summed E-state index contributed by atoms with van der Waals surface area (Å²) in [6, 6.07) is 10.3. The number of fused-ring (bicyclic) bond motifs is 1. The molecule has 0 radical (unpaired) electrons. The molecular formula is C12H7BrNO3P-2. The van der Waals surface area contributed by atoms with Gasteiger partial charge in [-0.1, -0.05) is 35.7 Å². The molecule has 0 saturated heterocycles. The number of rotatable bonds is 2. The Kier molecular flexibility index (Phi) is 3.56. The molecule has 92 valence electrons. The molecule has 0 heterocycles. The number of halogens is 1. The van der Waals surface area contributed by atoms with Crippen LogP contribution in [0.1, 0.15) is 11.1 Å². The van der Waals surface area contributed by atoms with Crippen molar-refractivity contribution in [2.75, 3.05) is 0 Å². The van der Waals surface area contributed by atoms with Crippen molar-refractivity contribution in [2.45, 2.75) is 6.16 Å². The van der Waals surface area contributed by atoms with E-state index >= 15 is 0 Å². The number of hydrogen-bond acceptors (Lipinski definition) is 4. The second-order valence-electron chi connectivity index (χ2n) is 3.89. The Balaban J connectivity index is 2.57. The largest absolute Gasteiger partial charge is 0.810 e. The summed E-state index contributed by atoms with van der Waals surface area (Å²) in [7, 11) is -4.57. The summed E-state index contributed by atoms with van der Waals surface area (Å²) in [4.78, 5) is 21.5. The first-order valence-electron chi connectivity index (χ1n) is 5.02. The highest BCUT2D eigenvalue weighted by Gasteiger charge is 2.05. The van der Waals surface area contributed by atoms with Crippen molar-refractivity contribution in [3.63, 3.8) is 0 Å². The zero-order valence-corrected chi connectivity index (χ0v) is 11.6. The SMILES string of the molecule is N#Cc1ccc2cc(CP(=O)([O-])[O-])cc(Br)c2c1. The molecule has 6 heteroatoms. The summed E-state index contributed by atoms with van der Waals surface area (Å²) in [5, 5.41) is 10.4. The topological polar surface area (TPSA) is 87.0 Å². The van der Waals surface area contributed by atoms with Crippen LogP contribution in [0.15, 0.2) is 34.8 Å². The third-order valence-electron chi connectivity index (χ3n) is 2.47. The molecule has 0 bridgehead atoms. The number of benzene rings is 2. The van der Waals surface area contributed by atoms with E-state index in [1.807, 2.05) is 6.07 Å². The second kappa shape index (κ2) is 4.83. The molecule has 0 unspecified atom stereocenters. The third-order valence-corrected chi connectivity index (χ3v) is 3.88. The molecule has 2 aromatic rings. The fourth-order valence-corrected chi connectivity index (χ4v) is 3.02. The van der Waals surface area contributed by atoms with Crippen LogP contribution in [0, 0.1) is 11.3 Å². The molecule has 0 fully saturated rings. The van der Waals surface area contributed by atoms with Crippen molar-refractivity contribution in [2.24, 2.45) is 0 Å². The Hall–Kier alpha value is -1.18. The highest BCUT2D eigenvalue weighted by Crippen LogP contribution is 2.34. The molecule has 2 aromatic carbocycles. The lowest BCUT2D eigenvalue weighted by atomic mass is 10.1. The Bertz CT molecular complexity index is 702. The van der Waals surface area contributed by atoms with Crippen molar-refractivity contribution in [3.05, 3.63) is 45.9 Å². The molecule has 0 N–H and O–H groups in total. The Morgan fingerprint density at radius 1 is 1.28 bits per heavy atom. The summed E-state index contributed by atoms with van der Waals surface area (Å²) >= 11 is 3.32. The Morgan fingerprint density at radius 2 is 2.00 bits per heavy atom. The van der Waals surface area contributed by atoms with Crippen LogP contribution in [-0.2, 0) is 10.7 Å². The molecule has 0 atom stereocenters. The van der Waals surface area contributed by atoms with E-state index in [1.54, 1.807) is 30.3 Å². The molecule has 0 aliphatic rings. The normalized spacial score (nSPS) is 11.4. The minimum atomic E-state index is -4.57. The first-order chi connectivity index (χ1) is 8.39. The molecule has 18 heavy (non-hydrogen) atoms. The number of hydrogen-bond donors (Lipinski definition) is 0. The third kappa shape index (κ3) is 2.98. The van der Waals surface area contributed by atoms with Gasteiger partial charge in [0, 0.05) is 10.6 Å². The van der Waals surface area contributed by atoms with Gasteiger partial charge in [0.15, 0.2) is 0 Å². The Morgan fingerprint density at radius 3 is 2.61 bits per heavy atom. The van der Waals surface area contributed by atoms with Gasteiger partial charge in [0.25, 0.3) is 0 Å². The zero-order valence-electron chi connectivity index (χ0n) is 9.09. The molecule has 0 spiro atoms. The molecule has 0 aliphatic heterocycles. The lowest BCUT2D eigenvalue weighted by molar-refractivity contribution is -0.314. The second-order valence-corrected chi connectivity index (χ2v) is 6.29. The van der Waals surface area contributed by atoms with Gasteiger partial charge in [-0.2, -0.15) is 5.26 Å². The maximum atomic E-state index is 10.8. The first-order valence-corrected chi connectivity index (χ1v) is 7.54. The van der Waals surface area contributed by atoms with Crippen molar-refractivity contribution in [3.8, 4) is 6.07 Å². The maximum absolute atomic E-state index is 10.8. The first kappa shape index (κ1) is 13.3. The highest BCUT2D eigenvalue weighted by molar-refractivity contribution is 9.10. The van der Waals surface area contributed by atoms with E-state index in [9.17, 15) is 14.4 Å². The summed E-state index contributed by atoms with van der Waals surface area (Å²) in [5.74, 6) is 0. The minimum absolute atomic E-state index is 0.437. The molecule has 2 rings (SSSR count). The average molecular weight is 324 g/mol. The standard InChI is InChI=1S/C12H9BrNO3P/c13-12-5-9(7-18(15,16)17)3-10-2-1-8(6-14)4-11(10)12/h1-5H,7H2,(H2,15,16,17)/p-2. The lowest BCUT2D eigenvalue weighted by Crippen LogP contribution is -2.15. The van der Waals surface area contributed by atoms with Crippen molar-refractivity contribution in [1.29, 1.82) is 5.26 Å². The molecule has 0 amide bonds. The van der Waals surface area contributed by atoms with E-state index in [-0.39, 0.29) is 0 Å². The number of nitriles is 1. The monoisotopic (exact) mass is 323 g/mol. The van der Waals surface area contributed by atoms with Crippen LogP contribution < -0.4 is 9.79 Å². The minimum Gasteiger partial charge on any atom is -0.810 e. The van der Waals surface area contributed by atoms with Gasteiger partial charge in [0.2, 0.25) is 0 Å². The van der Waals surface area contributed by atoms with Gasteiger partial charge in [-0.05, 0) is 34.5 Å². The predicted octanol–water partition coefficient (Wildman–Crippen LogP) is 1.89. The molecule has 0 aromatic heterocycles. The summed E-state index contributed by atoms with van der Waals surface area (Å²) < 4.78 is 11.4. The van der Waals surface area contributed by atoms with Crippen LogP contribution in [0.25, 0.3) is 10.8 Å². The quantitative estimate of drug-likeness (QED) is 0.789. The van der Waals surface area contributed by atoms with Crippen LogP contribution in [0.4, 0.5) is 0 Å². The van der Waals surface area contributed by atoms with Crippen LogP contribution >= 0.6 is 23.5 Å². The smallest absolute Gasteiger partial charge is 0.0991 e. The van der Waals surface area contributed by atoms with Gasteiger partial charge >= 0.3 is 0 Å². The molecule has 0 aliphatic carbocycles. The Labute approximate surface area is 112 Å². The summed E-state index contributed by atoms with van der Waals surface area (Å²) in [6.45, 7) is 0. The zero-order chi connectivity index (χ0) is 13.3. The van der Waals surface area contributed by atoms with Crippen LogP contribution in [0.2, 0.25) is 0 Å². The van der Waals surface area contributed by atoms with E-state index in [2.05, 4.69) is 15.9 Å². The lowest BCUT2D eigenvalue weighted by Gasteiger charge is -2.29. The number of nitrogens with zero attached hydrogens (tertiary/aromatic N) is 1. The molecular weight excluding hydrogens is 317 g/mol. The average Bonchev–Trinajstić information content (AvgIpc) is 2.26.